The smallest absolute Gasteiger partial charge is 0.276 e. The number of hydrogen-bond acceptors (Lipinski definition) is 7. The molecule has 0 saturated heterocycles. The Labute approximate surface area is 197 Å². The maximum atomic E-state index is 13.2. The van der Waals surface area contributed by atoms with E-state index in [1.807, 2.05) is 43.3 Å². The van der Waals surface area contributed by atoms with Crippen LogP contribution in [0, 0.1) is 6.92 Å². The molecule has 1 saturated carbocycles. The number of aryl methyl sites for hydroxylation is 1. The predicted octanol–water partition coefficient (Wildman–Crippen LogP) is 4.11. The Hall–Kier alpha value is -3.98. The number of amides is 1. The van der Waals surface area contributed by atoms with Crippen LogP contribution in [0.1, 0.15) is 41.7 Å². The summed E-state index contributed by atoms with van der Waals surface area (Å²) in [7, 11) is 0. The number of carbonyl (C=O) groups is 1. The molecule has 1 fully saturated rings. The van der Waals surface area contributed by atoms with Crippen molar-refractivity contribution >= 4 is 34.4 Å². The molecule has 1 amide bonds. The molecule has 3 heterocycles. The van der Waals surface area contributed by atoms with Crippen molar-refractivity contribution in [2.45, 2.75) is 44.7 Å². The van der Waals surface area contributed by atoms with Gasteiger partial charge in [0.25, 0.3) is 5.91 Å². The van der Waals surface area contributed by atoms with Gasteiger partial charge in [-0.05, 0) is 56.4 Å². The van der Waals surface area contributed by atoms with E-state index in [1.165, 1.54) is 0 Å². The van der Waals surface area contributed by atoms with Gasteiger partial charge in [0.05, 0.1) is 11.9 Å². The molecule has 0 aliphatic heterocycles. The zero-order chi connectivity index (χ0) is 23.5. The van der Waals surface area contributed by atoms with Gasteiger partial charge in [0.2, 0.25) is 0 Å². The lowest BCUT2D eigenvalue weighted by molar-refractivity contribution is 0.102. The van der Waals surface area contributed by atoms with E-state index in [1.54, 1.807) is 29.2 Å². The molecule has 34 heavy (non-hydrogen) atoms. The molecule has 0 atom stereocenters. The SMILES string of the molecule is Cc1cnccc1NC(=O)c1cnc2c(Nc3ccccc3)cc(NC3CCC(N)CC3)nn12. The third kappa shape index (κ3) is 4.69. The molecule has 0 unspecified atom stereocenters. The van der Waals surface area contributed by atoms with Gasteiger partial charge >= 0.3 is 0 Å². The van der Waals surface area contributed by atoms with Crippen LogP contribution in [-0.4, -0.2) is 37.6 Å². The first kappa shape index (κ1) is 21.8. The first-order chi connectivity index (χ1) is 16.6. The molecule has 0 bridgehead atoms. The van der Waals surface area contributed by atoms with Crippen molar-refractivity contribution in [2.75, 3.05) is 16.0 Å². The maximum Gasteiger partial charge on any atom is 0.276 e. The molecule has 1 aliphatic rings. The van der Waals surface area contributed by atoms with Crippen LogP contribution in [0.5, 0.6) is 0 Å². The molecule has 0 radical (unpaired) electrons. The summed E-state index contributed by atoms with van der Waals surface area (Å²) in [6, 6.07) is 14.1. The van der Waals surface area contributed by atoms with Gasteiger partial charge in [-0.2, -0.15) is 0 Å². The normalized spacial score (nSPS) is 17.9. The van der Waals surface area contributed by atoms with E-state index >= 15 is 0 Å². The molecule has 3 aromatic heterocycles. The summed E-state index contributed by atoms with van der Waals surface area (Å²) in [6.45, 7) is 1.90. The average molecular weight is 457 g/mol. The van der Waals surface area contributed by atoms with Gasteiger partial charge in [-0.3, -0.25) is 9.78 Å². The number of fused-ring (bicyclic) bond motifs is 1. The number of aromatic nitrogens is 4. The van der Waals surface area contributed by atoms with Gasteiger partial charge in [0, 0.05) is 41.9 Å². The molecule has 5 rings (SSSR count). The van der Waals surface area contributed by atoms with E-state index in [0.29, 0.717) is 22.8 Å². The first-order valence-corrected chi connectivity index (χ1v) is 11.5. The Kier molecular flexibility index (Phi) is 6.09. The second-order valence-corrected chi connectivity index (χ2v) is 8.71. The van der Waals surface area contributed by atoms with Crippen LogP contribution in [0.3, 0.4) is 0 Å². The molecule has 4 aromatic rings. The Morgan fingerprint density at radius 1 is 1.06 bits per heavy atom. The summed E-state index contributed by atoms with van der Waals surface area (Å²) in [5, 5.41) is 14.6. The fraction of sp³-hybridized carbons (Fsp3) is 0.280. The molecule has 174 valence electrons. The number of benzene rings is 1. The van der Waals surface area contributed by atoms with Gasteiger partial charge < -0.3 is 21.7 Å². The Balaban J connectivity index is 1.50. The van der Waals surface area contributed by atoms with Crippen LogP contribution in [0.15, 0.2) is 61.1 Å². The summed E-state index contributed by atoms with van der Waals surface area (Å²) in [6.07, 6.45) is 8.85. The van der Waals surface area contributed by atoms with Crippen molar-refractivity contribution in [1.82, 2.24) is 19.6 Å². The van der Waals surface area contributed by atoms with Gasteiger partial charge in [-0.1, -0.05) is 18.2 Å². The van der Waals surface area contributed by atoms with Crippen LogP contribution >= 0.6 is 0 Å². The van der Waals surface area contributed by atoms with E-state index in [0.717, 1.165) is 42.6 Å². The van der Waals surface area contributed by atoms with Crippen molar-refractivity contribution in [1.29, 1.82) is 0 Å². The molecule has 1 aromatic carbocycles. The number of anilines is 4. The number of pyridine rings is 1. The van der Waals surface area contributed by atoms with E-state index in [9.17, 15) is 4.79 Å². The monoisotopic (exact) mass is 456 g/mol. The third-order valence-electron chi connectivity index (χ3n) is 6.15. The number of imidazole rings is 1. The van der Waals surface area contributed by atoms with Gasteiger partial charge in [0.1, 0.15) is 5.82 Å². The van der Waals surface area contributed by atoms with Gasteiger partial charge in [0.15, 0.2) is 11.3 Å². The lowest BCUT2D eigenvalue weighted by atomic mass is 9.92. The van der Waals surface area contributed by atoms with E-state index in [4.69, 9.17) is 10.8 Å². The fourth-order valence-corrected chi connectivity index (χ4v) is 4.24. The van der Waals surface area contributed by atoms with Crippen LogP contribution in [0.4, 0.5) is 22.9 Å². The fourth-order valence-electron chi connectivity index (χ4n) is 4.24. The highest BCUT2D eigenvalue weighted by atomic mass is 16.2. The summed E-state index contributed by atoms with van der Waals surface area (Å²) in [5.74, 6) is 0.388. The Bertz CT molecular complexity index is 1300. The summed E-state index contributed by atoms with van der Waals surface area (Å²) in [4.78, 5) is 21.8. The number of carbonyl (C=O) groups excluding carboxylic acids is 1. The van der Waals surface area contributed by atoms with E-state index in [2.05, 4.69) is 25.9 Å². The number of nitrogens with zero attached hydrogens (tertiary/aromatic N) is 4. The Morgan fingerprint density at radius 3 is 2.62 bits per heavy atom. The van der Waals surface area contributed by atoms with Gasteiger partial charge in [-0.15, -0.1) is 5.10 Å². The largest absolute Gasteiger partial charge is 0.366 e. The molecule has 5 N–H and O–H groups in total. The van der Waals surface area contributed by atoms with Crippen molar-refractivity contribution in [3.8, 4) is 0 Å². The minimum atomic E-state index is -0.291. The van der Waals surface area contributed by atoms with Crippen LogP contribution in [-0.2, 0) is 0 Å². The topological polar surface area (TPSA) is 122 Å². The summed E-state index contributed by atoms with van der Waals surface area (Å²) in [5.41, 5.74) is 10.2. The maximum absolute atomic E-state index is 13.2. The molecule has 9 nitrogen and oxygen atoms in total. The second-order valence-electron chi connectivity index (χ2n) is 8.71. The molecular weight excluding hydrogens is 428 g/mol. The number of hydrogen-bond donors (Lipinski definition) is 4. The van der Waals surface area contributed by atoms with Gasteiger partial charge in [-0.25, -0.2) is 9.50 Å². The van der Waals surface area contributed by atoms with Crippen LogP contribution in [0.2, 0.25) is 0 Å². The highest BCUT2D eigenvalue weighted by Gasteiger charge is 2.21. The predicted molar refractivity (Wildman–Crippen MR) is 133 cm³/mol. The zero-order valence-corrected chi connectivity index (χ0v) is 19.0. The molecular formula is C25H28N8O. The summed E-state index contributed by atoms with van der Waals surface area (Å²) >= 11 is 0. The highest BCUT2D eigenvalue weighted by molar-refractivity contribution is 6.04. The standard InChI is InChI=1S/C25H28N8O/c1-16-14-27-12-11-20(16)31-25(34)22-15-28-24-21(29-18-5-3-2-4-6-18)13-23(32-33(22)24)30-19-9-7-17(26)8-10-19/h2-6,11-15,17,19,29H,7-10,26H2,1H3,(H,30,32)(H,27,31,34). The highest BCUT2D eigenvalue weighted by Crippen LogP contribution is 2.27. The minimum Gasteiger partial charge on any atom is -0.366 e. The lowest BCUT2D eigenvalue weighted by Crippen LogP contribution is -2.33. The van der Waals surface area contributed by atoms with Crippen molar-refractivity contribution in [2.24, 2.45) is 5.73 Å². The number of nitrogens with two attached hydrogens (primary N) is 1. The number of nitrogens with one attached hydrogen (secondary N) is 3. The third-order valence-corrected chi connectivity index (χ3v) is 6.15. The first-order valence-electron chi connectivity index (χ1n) is 11.5. The number of para-hydroxylation sites is 1. The molecule has 9 heteroatoms. The van der Waals surface area contributed by atoms with E-state index in [-0.39, 0.29) is 18.0 Å². The lowest BCUT2D eigenvalue weighted by Gasteiger charge is -2.27. The Morgan fingerprint density at radius 2 is 1.85 bits per heavy atom. The minimum absolute atomic E-state index is 0.268. The molecule has 1 aliphatic carbocycles. The quantitative estimate of drug-likeness (QED) is 0.344. The van der Waals surface area contributed by atoms with E-state index < -0.39 is 0 Å². The second kappa shape index (κ2) is 9.48. The van der Waals surface area contributed by atoms with Crippen LogP contribution < -0.4 is 21.7 Å². The van der Waals surface area contributed by atoms with Crippen LogP contribution in [0.25, 0.3) is 5.65 Å². The van der Waals surface area contributed by atoms with Crippen molar-refractivity contribution in [3.63, 3.8) is 0 Å². The average Bonchev–Trinajstić information content (AvgIpc) is 3.27. The number of rotatable bonds is 6. The van der Waals surface area contributed by atoms with Crippen molar-refractivity contribution < 1.29 is 4.79 Å². The molecule has 0 spiro atoms. The zero-order valence-electron chi connectivity index (χ0n) is 19.0. The summed E-state index contributed by atoms with van der Waals surface area (Å²) < 4.78 is 1.59. The van der Waals surface area contributed by atoms with Crippen molar-refractivity contribution in [3.05, 3.63) is 72.3 Å².